The van der Waals surface area contributed by atoms with Crippen LogP contribution in [0.5, 0.6) is 0 Å². The lowest BCUT2D eigenvalue weighted by Crippen LogP contribution is -2.11. The molecule has 5 nitrogen and oxygen atoms in total. The molecule has 0 saturated carbocycles. The molecule has 0 atom stereocenters. The molecular formula is C8H4I2N5+. The van der Waals surface area contributed by atoms with Crippen molar-refractivity contribution in [1.29, 1.82) is 0 Å². The van der Waals surface area contributed by atoms with E-state index >= 15 is 0 Å². The van der Waals surface area contributed by atoms with Crippen LogP contribution in [0.15, 0.2) is 28.7 Å². The van der Waals surface area contributed by atoms with Crippen LogP contribution in [0.25, 0.3) is 0 Å². The highest BCUT2D eigenvalue weighted by Gasteiger charge is 2.19. The van der Waals surface area contributed by atoms with Crippen molar-refractivity contribution >= 4 is 63.5 Å². The summed E-state index contributed by atoms with van der Waals surface area (Å²) in [5, 5.41) is 0. The lowest BCUT2D eigenvalue weighted by atomic mass is 10.4. The van der Waals surface area contributed by atoms with Crippen LogP contribution in [0.4, 0.5) is 0 Å². The number of aliphatic imine (C=N–C) groups is 2. The van der Waals surface area contributed by atoms with E-state index in [1.54, 1.807) is 15.2 Å². The fourth-order valence-electron chi connectivity index (χ4n) is 0.957. The summed E-state index contributed by atoms with van der Waals surface area (Å²) in [4.78, 5) is 16.1. The van der Waals surface area contributed by atoms with Gasteiger partial charge in [-0.15, -0.1) is 0 Å². The van der Waals surface area contributed by atoms with Crippen molar-refractivity contribution in [3.63, 3.8) is 0 Å². The van der Waals surface area contributed by atoms with Gasteiger partial charge in [-0.3, -0.25) is 0 Å². The number of rotatable bonds is 1. The van der Waals surface area contributed by atoms with Crippen LogP contribution in [0.1, 0.15) is 5.69 Å². The Balaban J connectivity index is 2.57. The normalized spacial score (nSPS) is 14.5. The summed E-state index contributed by atoms with van der Waals surface area (Å²) in [7, 11) is 0. The van der Waals surface area contributed by atoms with Crippen molar-refractivity contribution in [3.8, 4) is 0 Å². The van der Waals surface area contributed by atoms with Gasteiger partial charge in [0.1, 0.15) is 6.33 Å². The van der Waals surface area contributed by atoms with Gasteiger partial charge in [-0.2, -0.15) is 7.78 Å². The average Bonchev–Trinajstić information content (AvgIpc) is 2.44. The molecule has 1 aliphatic heterocycles. The fraction of sp³-hybridized carbons (Fsp3) is 0. The molecule has 1 aromatic heterocycles. The van der Waals surface area contributed by atoms with Gasteiger partial charge >= 0.3 is 5.84 Å². The zero-order valence-electron chi connectivity index (χ0n) is 7.30. The third-order valence-corrected chi connectivity index (χ3v) is 3.09. The molecule has 1 aromatic rings. The summed E-state index contributed by atoms with van der Waals surface area (Å²) in [6.07, 6.45) is 6.38. The second-order valence-corrected chi connectivity index (χ2v) is 4.69. The summed E-state index contributed by atoms with van der Waals surface area (Å²) >= 11 is 4.28. The van der Waals surface area contributed by atoms with E-state index in [2.05, 4.69) is 71.3 Å². The summed E-state index contributed by atoms with van der Waals surface area (Å²) in [6, 6.07) is 0. The first-order chi connectivity index (χ1) is 7.29. The van der Waals surface area contributed by atoms with Crippen LogP contribution in [-0.2, 0) is 0 Å². The Hall–Kier alpha value is -0.670. The van der Waals surface area contributed by atoms with E-state index in [9.17, 15) is 0 Å². The second kappa shape index (κ2) is 4.90. The number of nitrogens with zero attached hydrogens (tertiary/aromatic N) is 5. The smallest absolute Gasteiger partial charge is 0.244 e. The van der Waals surface area contributed by atoms with Gasteiger partial charge in [-0.25, -0.2) is 9.97 Å². The van der Waals surface area contributed by atoms with Crippen molar-refractivity contribution in [2.24, 2.45) is 9.98 Å². The predicted molar refractivity (Wildman–Crippen MR) is 73.6 cm³/mol. The molecule has 0 N–H and O–H groups in total. The van der Waals surface area contributed by atoms with E-state index in [1.807, 2.05) is 0 Å². The third kappa shape index (κ3) is 2.47. The van der Waals surface area contributed by atoms with Crippen molar-refractivity contribution in [3.05, 3.63) is 28.0 Å². The molecule has 0 radical (unpaired) electrons. The maximum absolute atomic E-state index is 4.19. The summed E-state index contributed by atoms with van der Waals surface area (Å²) in [5.41, 5.74) is 0.784. The highest BCUT2D eigenvalue weighted by molar-refractivity contribution is 14.1. The molecule has 0 saturated heterocycles. The molecule has 74 valence electrons. The molecule has 7 heteroatoms. The molecule has 2 rings (SSSR count). The van der Waals surface area contributed by atoms with Gasteiger partial charge in [0.2, 0.25) is 29.2 Å². The minimum absolute atomic E-state index is 0.719. The van der Waals surface area contributed by atoms with Gasteiger partial charge in [-0.05, 0) is 27.6 Å². The fourth-order valence-corrected chi connectivity index (χ4v) is 1.98. The predicted octanol–water partition coefficient (Wildman–Crippen LogP) is 1.42. The van der Waals surface area contributed by atoms with E-state index in [1.165, 1.54) is 12.7 Å². The summed E-state index contributed by atoms with van der Waals surface area (Å²) < 4.78 is 2.73. The Bertz CT molecular complexity index is 514. The maximum Gasteiger partial charge on any atom is 0.361 e. The topological polar surface area (TPSA) is 53.5 Å². The van der Waals surface area contributed by atoms with Crippen LogP contribution in [0.2, 0.25) is 0 Å². The first-order valence-electron chi connectivity index (χ1n) is 3.88. The van der Waals surface area contributed by atoms with Gasteiger partial charge < -0.3 is 0 Å². The Morgan fingerprint density at radius 2 is 2.27 bits per heavy atom. The first-order valence-corrected chi connectivity index (χ1v) is 5.92. The molecular weight excluding hydrogens is 420 g/mol. The maximum atomic E-state index is 4.19. The molecule has 0 spiro atoms. The van der Waals surface area contributed by atoms with Crippen LogP contribution in [0.3, 0.4) is 0 Å². The molecule has 2 heterocycles. The van der Waals surface area contributed by atoms with Crippen LogP contribution < -0.4 is 0 Å². The number of halogens is 2. The Morgan fingerprint density at radius 3 is 3.07 bits per heavy atom. The number of hydrogen-bond donors (Lipinski definition) is 0. The molecule has 1 aliphatic rings. The minimum atomic E-state index is 0.719. The van der Waals surface area contributed by atoms with E-state index in [0.29, 0.717) is 0 Å². The van der Waals surface area contributed by atoms with Crippen molar-refractivity contribution < 1.29 is 2.79 Å². The van der Waals surface area contributed by atoms with Crippen molar-refractivity contribution in [2.75, 3.05) is 0 Å². The quantitative estimate of drug-likeness (QED) is 0.506. The highest BCUT2D eigenvalue weighted by atomic mass is 127. The van der Waals surface area contributed by atoms with Crippen LogP contribution >= 0.6 is 45.5 Å². The highest BCUT2D eigenvalue weighted by Crippen LogP contribution is 2.11. The Morgan fingerprint density at radius 1 is 1.40 bits per heavy atom. The number of hydrogen-bond acceptors (Lipinski definition) is 4. The first kappa shape index (κ1) is 10.8. The molecule has 0 fully saturated rings. The third-order valence-electron chi connectivity index (χ3n) is 1.57. The minimum Gasteiger partial charge on any atom is -0.244 e. The number of aromatic nitrogens is 2. The van der Waals surface area contributed by atoms with Gasteiger partial charge in [0.15, 0.2) is 11.9 Å². The summed E-state index contributed by atoms with van der Waals surface area (Å²) in [6.45, 7) is 0. The molecule has 15 heavy (non-hydrogen) atoms. The zero-order chi connectivity index (χ0) is 10.7. The van der Waals surface area contributed by atoms with Crippen molar-refractivity contribution in [2.45, 2.75) is 0 Å². The average molecular weight is 424 g/mol. The van der Waals surface area contributed by atoms with Crippen LogP contribution in [0, 0.1) is 3.57 Å². The van der Waals surface area contributed by atoms with Gasteiger partial charge in [-0.1, -0.05) is 0 Å². The molecule has 0 unspecified atom stereocenters. The van der Waals surface area contributed by atoms with Crippen molar-refractivity contribution in [1.82, 2.24) is 9.97 Å². The molecule has 0 amide bonds. The largest absolute Gasteiger partial charge is 0.361 e. The lowest BCUT2D eigenvalue weighted by molar-refractivity contribution is -0.198. The molecule has 0 aliphatic carbocycles. The van der Waals surface area contributed by atoms with Crippen LogP contribution in [-0.4, -0.2) is 30.8 Å². The zero-order valence-corrected chi connectivity index (χ0v) is 11.6. The van der Waals surface area contributed by atoms with Gasteiger partial charge in [0, 0.05) is 12.1 Å². The molecule has 0 aromatic carbocycles. The second-order valence-electron chi connectivity index (χ2n) is 2.49. The van der Waals surface area contributed by atoms with E-state index < -0.39 is 0 Å². The van der Waals surface area contributed by atoms with E-state index in [4.69, 9.17) is 0 Å². The Kier molecular flexibility index (Phi) is 3.54. The Labute approximate surface area is 113 Å². The standard InChI is InChI=1S/C8H4I2N5/c9-6-3-12-5-13-7(6)8-14-4-11-1-2-15(8)10/h2-5H/q+1. The van der Waals surface area contributed by atoms with E-state index in [0.717, 1.165) is 15.1 Å². The lowest BCUT2D eigenvalue weighted by Gasteiger charge is -1.96. The van der Waals surface area contributed by atoms with Gasteiger partial charge in [0.05, 0.1) is 3.57 Å². The van der Waals surface area contributed by atoms with Gasteiger partial charge in [0.25, 0.3) is 0 Å². The molecule has 0 bridgehead atoms. The SMILES string of the molecule is Ic1cncnc1C1=[N+](I)C=C=NC=N1. The summed E-state index contributed by atoms with van der Waals surface area (Å²) in [5.74, 6) is 3.44. The number of amidine groups is 1. The monoisotopic (exact) mass is 424 g/mol. The van der Waals surface area contributed by atoms with E-state index in [-0.39, 0.29) is 0 Å².